The van der Waals surface area contributed by atoms with E-state index in [-0.39, 0.29) is 12.5 Å². The number of aryl methyl sites for hydroxylation is 2. The van der Waals surface area contributed by atoms with Crippen LogP contribution in [-0.4, -0.2) is 53.6 Å². The monoisotopic (exact) mass is 505 g/mol. The highest BCUT2D eigenvalue weighted by Gasteiger charge is 2.52. The quantitative estimate of drug-likeness (QED) is 0.315. The molecule has 35 heavy (non-hydrogen) atoms. The Bertz CT molecular complexity index is 1010. The van der Waals surface area contributed by atoms with Crippen LogP contribution in [0.15, 0.2) is 54.6 Å². The lowest BCUT2D eigenvalue weighted by atomic mass is 9.95. The molecule has 1 N–H and O–H groups in total. The van der Waals surface area contributed by atoms with E-state index in [1.807, 2.05) is 31.2 Å². The molecule has 2 aromatic rings. The summed E-state index contributed by atoms with van der Waals surface area (Å²) in [4.78, 5) is 26.5. The van der Waals surface area contributed by atoms with Crippen molar-refractivity contribution in [2.24, 2.45) is 5.92 Å². The Morgan fingerprint density at radius 3 is 2.69 bits per heavy atom. The van der Waals surface area contributed by atoms with Crippen LogP contribution in [0.25, 0.3) is 0 Å². The molecule has 5 nitrogen and oxygen atoms in total. The van der Waals surface area contributed by atoms with Gasteiger partial charge in [0.2, 0.25) is 0 Å². The molecule has 1 aliphatic rings. The molecule has 1 amide bonds. The average Bonchev–Trinajstić information content (AvgIpc) is 3.40. The Kier molecular flexibility index (Phi) is 9.57. The third kappa shape index (κ3) is 7.45. The molecule has 1 aromatic heterocycles. The minimum atomic E-state index is -3.40. The van der Waals surface area contributed by atoms with Crippen molar-refractivity contribution in [3.63, 3.8) is 0 Å². The summed E-state index contributed by atoms with van der Waals surface area (Å²) in [7, 11) is 1.32. The van der Waals surface area contributed by atoms with Crippen LogP contribution in [0.3, 0.4) is 0 Å². The lowest BCUT2D eigenvalue weighted by Gasteiger charge is -2.22. The Labute approximate surface area is 209 Å². The summed E-state index contributed by atoms with van der Waals surface area (Å²) in [6.45, 7) is 2.12. The normalized spacial score (nSPS) is 19.3. The van der Waals surface area contributed by atoms with Gasteiger partial charge in [-0.3, -0.25) is 4.79 Å². The summed E-state index contributed by atoms with van der Waals surface area (Å²) in [5, 5.41) is 10.5. The molecule has 2 heterocycles. The average molecular weight is 506 g/mol. The smallest absolute Gasteiger partial charge is 0.348 e. The van der Waals surface area contributed by atoms with Crippen LogP contribution in [0.1, 0.15) is 52.7 Å². The number of aliphatic hydroxyl groups excluding tert-OH is 1. The summed E-state index contributed by atoms with van der Waals surface area (Å²) < 4.78 is 33.1. The minimum Gasteiger partial charge on any atom is -0.465 e. The fourth-order valence-electron chi connectivity index (χ4n) is 4.28. The Morgan fingerprint density at radius 1 is 1.23 bits per heavy atom. The molecule has 0 radical (unpaired) electrons. The van der Waals surface area contributed by atoms with Crippen LogP contribution >= 0.6 is 11.3 Å². The molecule has 190 valence electrons. The largest absolute Gasteiger partial charge is 0.465 e. The number of thiophene rings is 1. The Balaban J connectivity index is 1.51. The van der Waals surface area contributed by atoms with Crippen molar-refractivity contribution in [2.45, 2.75) is 63.5 Å². The Hall–Kier alpha value is -2.58. The first-order chi connectivity index (χ1) is 16.7. The molecular weight excluding hydrogens is 472 g/mol. The van der Waals surface area contributed by atoms with E-state index in [4.69, 9.17) is 4.74 Å². The molecule has 1 saturated heterocycles. The zero-order valence-corrected chi connectivity index (χ0v) is 21.0. The van der Waals surface area contributed by atoms with Crippen molar-refractivity contribution in [3.05, 3.63) is 69.9 Å². The van der Waals surface area contributed by atoms with Gasteiger partial charge in [0.25, 0.3) is 5.91 Å². The van der Waals surface area contributed by atoms with Crippen LogP contribution in [0.5, 0.6) is 0 Å². The van der Waals surface area contributed by atoms with Crippen LogP contribution in [0, 0.1) is 5.92 Å². The fraction of sp³-hybridized carbons (Fsp3) is 0.481. The van der Waals surface area contributed by atoms with E-state index in [2.05, 4.69) is 12.1 Å². The van der Waals surface area contributed by atoms with Gasteiger partial charge >= 0.3 is 11.9 Å². The molecular formula is C27H33F2NO4S. The van der Waals surface area contributed by atoms with E-state index < -0.39 is 36.4 Å². The Morgan fingerprint density at radius 2 is 1.97 bits per heavy atom. The third-order valence-corrected chi connectivity index (χ3v) is 7.52. The summed E-state index contributed by atoms with van der Waals surface area (Å²) in [6.07, 6.45) is 5.47. The van der Waals surface area contributed by atoms with Gasteiger partial charge in [0, 0.05) is 17.8 Å². The van der Waals surface area contributed by atoms with Crippen molar-refractivity contribution in [1.29, 1.82) is 0 Å². The first-order valence-corrected chi connectivity index (χ1v) is 12.8. The summed E-state index contributed by atoms with van der Waals surface area (Å²) in [5.41, 5.74) is 1.25. The number of alkyl halides is 2. The highest BCUT2D eigenvalue weighted by Crippen LogP contribution is 2.34. The van der Waals surface area contributed by atoms with Crippen molar-refractivity contribution in [3.8, 4) is 0 Å². The number of halogens is 2. The van der Waals surface area contributed by atoms with Gasteiger partial charge in [-0.1, -0.05) is 49.4 Å². The van der Waals surface area contributed by atoms with Gasteiger partial charge in [0.1, 0.15) is 4.88 Å². The molecule has 3 atom stereocenters. The van der Waals surface area contributed by atoms with Gasteiger partial charge in [0.15, 0.2) is 0 Å². The van der Waals surface area contributed by atoms with E-state index >= 15 is 0 Å². The van der Waals surface area contributed by atoms with Gasteiger partial charge in [-0.15, -0.1) is 11.3 Å². The number of benzene rings is 1. The van der Waals surface area contributed by atoms with E-state index in [9.17, 15) is 23.5 Å². The fourth-order valence-corrected chi connectivity index (χ4v) is 5.25. The van der Waals surface area contributed by atoms with E-state index in [0.717, 1.165) is 24.1 Å². The zero-order chi connectivity index (χ0) is 25.4. The maximum Gasteiger partial charge on any atom is 0.348 e. The van der Waals surface area contributed by atoms with Crippen LogP contribution in [0.4, 0.5) is 8.78 Å². The van der Waals surface area contributed by atoms with Crippen molar-refractivity contribution < 1.29 is 28.2 Å². The number of hydrogen-bond acceptors (Lipinski definition) is 5. The van der Waals surface area contributed by atoms with Crippen LogP contribution in [0.2, 0.25) is 0 Å². The number of esters is 1. The first kappa shape index (κ1) is 27.0. The predicted octanol–water partition coefficient (Wildman–Crippen LogP) is 5.28. The molecule has 0 spiro atoms. The van der Waals surface area contributed by atoms with Crippen molar-refractivity contribution in [2.75, 3.05) is 13.7 Å². The number of methoxy groups -OCH3 is 1. The number of ether oxygens (including phenoxy) is 1. The summed E-state index contributed by atoms with van der Waals surface area (Å²) in [5.74, 6) is -5.00. The topological polar surface area (TPSA) is 66.8 Å². The lowest BCUT2D eigenvalue weighted by Crippen LogP contribution is -2.36. The number of aliphatic hydroxyl groups is 1. The van der Waals surface area contributed by atoms with Crippen LogP contribution in [-0.2, 0) is 22.4 Å². The second-order valence-corrected chi connectivity index (χ2v) is 10.2. The maximum atomic E-state index is 14.2. The van der Waals surface area contributed by atoms with Gasteiger partial charge in [-0.25, -0.2) is 4.79 Å². The number of nitrogens with zero attached hydrogens (tertiary/aromatic N) is 1. The molecule has 0 saturated carbocycles. The van der Waals surface area contributed by atoms with Gasteiger partial charge < -0.3 is 14.7 Å². The SMILES string of the molecule is COC(=O)c1ccc(CCCN2C(=O)C(F)(F)CC2C=C[C@H](O)[C@H](C)CCCc2ccccc2)s1. The van der Waals surface area contributed by atoms with Crippen LogP contribution < -0.4 is 0 Å². The lowest BCUT2D eigenvalue weighted by molar-refractivity contribution is -0.148. The first-order valence-electron chi connectivity index (χ1n) is 12.0. The molecule has 1 unspecified atom stereocenters. The minimum absolute atomic E-state index is 0.0242. The summed E-state index contributed by atoms with van der Waals surface area (Å²) in [6, 6.07) is 12.9. The van der Waals surface area contributed by atoms with E-state index in [0.29, 0.717) is 17.7 Å². The number of amides is 1. The van der Waals surface area contributed by atoms with Crippen molar-refractivity contribution >= 4 is 23.2 Å². The molecule has 1 aromatic carbocycles. The highest BCUT2D eigenvalue weighted by atomic mass is 32.1. The maximum absolute atomic E-state index is 14.2. The van der Waals surface area contributed by atoms with Crippen molar-refractivity contribution in [1.82, 2.24) is 4.90 Å². The number of hydrogen-bond donors (Lipinski definition) is 1. The number of carbonyl (C=O) groups excluding carboxylic acids is 2. The molecule has 0 aliphatic carbocycles. The summed E-state index contributed by atoms with van der Waals surface area (Å²) >= 11 is 1.30. The number of carbonyl (C=O) groups is 2. The molecule has 1 aliphatic heterocycles. The standard InChI is InChI=1S/C27H33F2NO4S/c1-19(8-6-11-20-9-4-3-5-10-20)23(31)15-13-21-18-27(28,29)26(33)30(21)17-7-12-22-14-16-24(35-22)25(32)34-2/h3-5,9-10,13-16,19,21,23,31H,6-8,11-12,17-18H2,1-2H3/t19-,21?,23+/m1/s1. The second kappa shape index (κ2) is 12.4. The zero-order valence-electron chi connectivity index (χ0n) is 20.2. The second-order valence-electron chi connectivity index (χ2n) is 9.07. The molecule has 1 fully saturated rings. The predicted molar refractivity (Wildman–Crippen MR) is 133 cm³/mol. The van der Waals surface area contributed by atoms with Gasteiger partial charge in [-0.05, 0) is 55.7 Å². The highest BCUT2D eigenvalue weighted by molar-refractivity contribution is 7.13. The molecule has 3 rings (SSSR count). The number of rotatable bonds is 12. The van der Waals surface area contributed by atoms with E-state index in [1.54, 1.807) is 18.2 Å². The van der Waals surface area contributed by atoms with E-state index in [1.165, 1.54) is 28.9 Å². The molecule has 0 bridgehead atoms. The van der Waals surface area contributed by atoms with Gasteiger partial charge in [0.05, 0.1) is 19.3 Å². The molecule has 8 heteroatoms. The van der Waals surface area contributed by atoms with Gasteiger partial charge in [-0.2, -0.15) is 8.78 Å². The number of likely N-dealkylation sites (tertiary alicyclic amines) is 1. The third-order valence-electron chi connectivity index (χ3n) is 6.39.